The van der Waals surface area contributed by atoms with Crippen molar-refractivity contribution in [1.29, 1.82) is 0 Å². The highest BCUT2D eigenvalue weighted by Crippen LogP contribution is 2.19. The second kappa shape index (κ2) is 5.10. The summed E-state index contributed by atoms with van der Waals surface area (Å²) in [5.74, 6) is -0.940. The summed E-state index contributed by atoms with van der Waals surface area (Å²) in [7, 11) is 0. The number of aromatic nitrogens is 1. The van der Waals surface area contributed by atoms with Crippen molar-refractivity contribution in [2.75, 3.05) is 0 Å². The molecule has 3 nitrogen and oxygen atoms in total. The lowest BCUT2D eigenvalue weighted by Crippen LogP contribution is -1.99. The Morgan fingerprint density at radius 3 is 2.59 bits per heavy atom. The molecule has 0 saturated carbocycles. The third-order valence-corrected chi connectivity index (χ3v) is 3.54. The van der Waals surface area contributed by atoms with Gasteiger partial charge < -0.3 is 5.11 Å². The van der Waals surface area contributed by atoms with E-state index in [1.807, 2.05) is 18.2 Å². The smallest absolute Gasteiger partial charge is 0.355 e. The zero-order valence-corrected chi connectivity index (χ0v) is 10.3. The molecule has 0 bridgehead atoms. The Bertz CT molecular complexity index is 519. The summed E-state index contributed by atoms with van der Waals surface area (Å²) in [5, 5.41) is 9.80. The van der Waals surface area contributed by atoms with E-state index in [0.29, 0.717) is 0 Å². The molecule has 0 amide bonds. The highest BCUT2D eigenvalue weighted by atomic mass is 32.1. The van der Waals surface area contributed by atoms with Gasteiger partial charge in [0.25, 0.3) is 0 Å². The molecule has 17 heavy (non-hydrogen) atoms. The highest BCUT2D eigenvalue weighted by Gasteiger charge is 2.13. The van der Waals surface area contributed by atoms with E-state index in [0.717, 1.165) is 22.7 Å². The van der Waals surface area contributed by atoms with Crippen molar-refractivity contribution in [2.24, 2.45) is 0 Å². The number of hydrogen-bond donors (Lipinski definition) is 1. The number of carboxylic acids is 1. The normalized spacial score (nSPS) is 10.4. The number of rotatable bonds is 4. The predicted molar refractivity (Wildman–Crippen MR) is 67.7 cm³/mol. The van der Waals surface area contributed by atoms with Gasteiger partial charge >= 0.3 is 5.97 Å². The van der Waals surface area contributed by atoms with E-state index in [1.54, 1.807) is 6.92 Å². The quantitative estimate of drug-likeness (QED) is 0.903. The van der Waals surface area contributed by atoms with E-state index in [9.17, 15) is 4.79 Å². The van der Waals surface area contributed by atoms with Crippen molar-refractivity contribution in [1.82, 2.24) is 4.98 Å². The van der Waals surface area contributed by atoms with Crippen LogP contribution in [0.15, 0.2) is 30.3 Å². The van der Waals surface area contributed by atoms with Gasteiger partial charge in [0, 0.05) is 11.3 Å². The molecule has 0 atom stereocenters. The van der Waals surface area contributed by atoms with E-state index < -0.39 is 5.97 Å². The van der Waals surface area contributed by atoms with E-state index >= 15 is 0 Å². The van der Waals surface area contributed by atoms with Crippen LogP contribution in [-0.2, 0) is 12.8 Å². The second-order valence-corrected chi connectivity index (χ2v) is 5.09. The number of carbonyl (C=O) groups is 1. The number of benzene rings is 1. The molecule has 1 aromatic heterocycles. The fourth-order valence-electron chi connectivity index (χ4n) is 1.65. The topological polar surface area (TPSA) is 50.2 Å². The van der Waals surface area contributed by atoms with Crippen molar-refractivity contribution in [3.05, 3.63) is 51.5 Å². The minimum Gasteiger partial charge on any atom is -0.476 e. The molecule has 0 aliphatic rings. The van der Waals surface area contributed by atoms with Crippen LogP contribution >= 0.6 is 11.3 Å². The first-order valence-electron chi connectivity index (χ1n) is 5.40. The van der Waals surface area contributed by atoms with Crippen molar-refractivity contribution in [3.63, 3.8) is 0 Å². The molecule has 0 aliphatic carbocycles. The van der Waals surface area contributed by atoms with Gasteiger partial charge in [0.2, 0.25) is 0 Å². The largest absolute Gasteiger partial charge is 0.476 e. The molecule has 0 spiro atoms. The summed E-state index contributed by atoms with van der Waals surface area (Å²) in [4.78, 5) is 15.8. The van der Waals surface area contributed by atoms with Crippen LogP contribution < -0.4 is 0 Å². The van der Waals surface area contributed by atoms with Gasteiger partial charge in [-0.05, 0) is 18.9 Å². The Labute approximate surface area is 104 Å². The molecule has 1 aromatic carbocycles. The molecule has 4 heteroatoms. The van der Waals surface area contributed by atoms with Crippen molar-refractivity contribution in [2.45, 2.75) is 19.8 Å². The van der Waals surface area contributed by atoms with Crippen LogP contribution in [0.4, 0.5) is 0 Å². The van der Waals surface area contributed by atoms with Crippen molar-refractivity contribution < 1.29 is 9.90 Å². The number of carboxylic acid groups (broad SMARTS) is 1. The third kappa shape index (κ3) is 2.91. The summed E-state index contributed by atoms with van der Waals surface area (Å²) in [6.45, 7) is 1.80. The van der Waals surface area contributed by atoms with Gasteiger partial charge in [0.1, 0.15) is 0 Å². The molecule has 2 aromatic rings. The van der Waals surface area contributed by atoms with E-state index in [1.165, 1.54) is 16.9 Å². The average Bonchev–Trinajstić information content (AvgIpc) is 2.69. The van der Waals surface area contributed by atoms with Crippen LogP contribution in [0, 0.1) is 6.92 Å². The molecular formula is C13H13NO2S. The standard InChI is InChI=1S/C13H13NO2S/c1-9-12(13(15)16)14-11(17-9)8-7-10-5-3-2-4-6-10/h2-6H,7-8H2,1H3,(H,15,16). The van der Waals surface area contributed by atoms with Crippen LogP contribution in [0.1, 0.15) is 25.9 Å². The summed E-state index contributed by atoms with van der Waals surface area (Å²) in [6, 6.07) is 10.1. The molecule has 2 rings (SSSR count). The lowest BCUT2D eigenvalue weighted by molar-refractivity contribution is 0.0690. The Kier molecular flexibility index (Phi) is 3.54. The van der Waals surface area contributed by atoms with Crippen molar-refractivity contribution >= 4 is 17.3 Å². The molecule has 0 saturated heterocycles. The SMILES string of the molecule is Cc1sc(CCc2ccccc2)nc1C(=O)O. The molecule has 0 radical (unpaired) electrons. The number of thiazole rings is 1. The zero-order chi connectivity index (χ0) is 12.3. The van der Waals surface area contributed by atoms with Crippen molar-refractivity contribution in [3.8, 4) is 0 Å². The van der Waals surface area contributed by atoms with Crippen LogP contribution in [0.5, 0.6) is 0 Å². The van der Waals surface area contributed by atoms with Gasteiger partial charge in [-0.15, -0.1) is 11.3 Å². The molecule has 88 valence electrons. The monoisotopic (exact) mass is 247 g/mol. The van der Waals surface area contributed by atoms with Crippen LogP contribution in [-0.4, -0.2) is 16.1 Å². The number of hydrogen-bond acceptors (Lipinski definition) is 3. The Morgan fingerprint density at radius 1 is 1.29 bits per heavy atom. The first-order chi connectivity index (χ1) is 8.16. The van der Waals surface area contributed by atoms with Gasteiger partial charge in [0.15, 0.2) is 5.69 Å². The second-order valence-electron chi connectivity index (χ2n) is 3.80. The number of aromatic carboxylic acids is 1. The maximum absolute atomic E-state index is 10.9. The lowest BCUT2D eigenvalue weighted by Gasteiger charge is -1.97. The summed E-state index contributed by atoms with van der Waals surface area (Å²) >= 11 is 1.47. The Hall–Kier alpha value is -1.68. The minimum absolute atomic E-state index is 0.193. The van der Waals surface area contributed by atoms with Gasteiger partial charge in [-0.25, -0.2) is 9.78 Å². The molecule has 0 unspecified atom stereocenters. The lowest BCUT2D eigenvalue weighted by atomic mass is 10.1. The number of nitrogens with zero attached hydrogens (tertiary/aromatic N) is 1. The van der Waals surface area contributed by atoms with Gasteiger partial charge in [0.05, 0.1) is 5.01 Å². The molecule has 0 fully saturated rings. The summed E-state index contributed by atoms with van der Waals surface area (Å²) < 4.78 is 0. The van der Waals surface area contributed by atoms with Gasteiger partial charge in [-0.3, -0.25) is 0 Å². The summed E-state index contributed by atoms with van der Waals surface area (Å²) in [5.41, 5.74) is 1.44. The first kappa shape index (κ1) is 11.8. The average molecular weight is 247 g/mol. The van der Waals surface area contributed by atoms with Crippen LogP contribution in [0.2, 0.25) is 0 Å². The van der Waals surface area contributed by atoms with Gasteiger partial charge in [-0.1, -0.05) is 30.3 Å². The molecule has 1 heterocycles. The van der Waals surface area contributed by atoms with E-state index in [2.05, 4.69) is 17.1 Å². The van der Waals surface area contributed by atoms with E-state index in [4.69, 9.17) is 5.11 Å². The first-order valence-corrected chi connectivity index (χ1v) is 6.22. The highest BCUT2D eigenvalue weighted by molar-refractivity contribution is 7.11. The Morgan fingerprint density at radius 2 is 2.00 bits per heavy atom. The minimum atomic E-state index is -0.940. The van der Waals surface area contributed by atoms with Crippen LogP contribution in [0.3, 0.4) is 0 Å². The van der Waals surface area contributed by atoms with E-state index in [-0.39, 0.29) is 5.69 Å². The Balaban J connectivity index is 2.05. The maximum atomic E-state index is 10.9. The predicted octanol–water partition coefficient (Wildman–Crippen LogP) is 2.93. The van der Waals surface area contributed by atoms with Gasteiger partial charge in [-0.2, -0.15) is 0 Å². The molecule has 0 aliphatic heterocycles. The fraction of sp³-hybridized carbons (Fsp3) is 0.231. The molecule has 1 N–H and O–H groups in total. The number of aryl methyl sites for hydroxylation is 3. The zero-order valence-electron chi connectivity index (χ0n) is 9.51. The summed E-state index contributed by atoms with van der Waals surface area (Å²) in [6.07, 6.45) is 1.69. The maximum Gasteiger partial charge on any atom is 0.355 e. The van der Waals surface area contributed by atoms with Crippen LogP contribution in [0.25, 0.3) is 0 Å². The third-order valence-electron chi connectivity index (χ3n) is 2.51. The fourth-order valence-corrected chi connectivity index (χ4v) is 2.58. The molecular weight excluding hydrogens is 234 g/mol.